The van der Waals surface area contributed by atoms with Gasteiger partial charge in [-0.25, -0.2) is 0 Å². The lowest BCUT2D eigenvalue weighted by molar-refractivity contribution is -0.148. The van der Waals surface area contributed by atoms with E-state index in [0.717, 1.165) is 24.8 Å². The second-order valence-electron chi connectivity index (χ2n) is 5.66. The lowest BCUT2D eigenvalue weighted by Gasteiger charge is -2.13. The van der Waals surface area contributed by atoms with Crippen molar-refractivity contribution in [1.29, 1.82) is 0 Å². The molecule has 1 unspecified atom stereocenters. The van der Waals surface area contributed by atoms with Crippen molar-refractivity contribution in [1.82, 2.24) is 5.32 Å². The predicted octanol–water partition coefficient (Wildman–Crippen LogP) is 2.47. The monoisotopic (exact) mass is 289 g/mol. The van der Waals surface area contributed by atoms with Crippen molar-refractivity contribution in [2.75, 3.05) is 6.54 Å². The first-order valence-electron chi connectivity index (χ1n) is 7.66. The van der Waals surface area contributed by atoms with Crippen molar-refractivity contribution in [3.05, 3.63) is 35.9 Å². The molecule has 0 heterocycles. The van der Waals surface area contributed by atoms with Gasteiger partial charge in [-0.05, 0) is 31.7 Å². The Labute approximate surface area is 125 Å². The van der Waals surface area contributed by atoms with Gasteiger partial charge in [0.05, 0.1) is 0 Å². The molecule has 0 aromatic heterocycles. The van der Waals surface area contributed by atoms with Crippen molar-refractivity contribution in [2.24, 2.45) is 5.92 Å². The molecule has 1 amide bonds. The molecule has 1 aliphatic rings. The van der Waals surface area contributed by atoms with Gasteiger partial charge < -0.3 is 10.1 Å². The Morgan fingerprint density at radius 2 is 2.00 bits per heavy atom. The number of carbonyl (C=O) groups excluding carboxylic acids is 2. The minimum atomic E-state index is -0.195. The van der Waals surface area contributed by atoms with Crippen molar-refractivity contribution >= 4 is 11.9 Å². The van der Waals surface area contributed by atoms with Crippen LogP contribution in [0.2, 0.25) is 0 Å². The zero-order chi connectivity index (χ0) is 15.1. The summed E-state index contributed by atoms with van der Waals surface area (Å²) in [4.78, 5) is 23.1. The first kappa shape index (κ1) is 15.5. The van der Waals surface area contributed by atoms with Crippen LogP contribution in [0.1, 0.15) is 38.2 Å². The summed E-state index contributed by atoms with van der Waals surface area (Å²) >= 11 is 0. The quantitative estimate of drug-likeness (QED) is 0.591. The van der Waals surface area contributed by atoms with Gasteiger partial charge in [-0.2, -0.15) is 0 Å². The minimum Gasteiger partial charge on any atom is -0.462 e. The van der Waals surface area contributed by atoms with E-state index in [1.807, 2.05) is 37.3 Å². The molecular formula is C17H23NO3. The Kier molecular flexibility index (Phi) is 5.78. The summed E-state index contributed by atoms with van der Waals surface area (Å²) in [7, 11) is 0. The highest BCUT2D eigenvalue weighted by atomic mass is 16.5. The molecule has 0 saturated heterocycles. The maximum Gasteiger partial charge on any atom is 0.306 e. The van der Waals surface area contributed by atoms with E-state index in [0.29, 0.717) is 19.4 Å². The summed E-state index contributed by atoms with van der Waals surface area (Å²) in [5.41, 5.74) is 1.16. The molecule has 1 saturated carbocycles. The predicted molar refractivity (Wildman–Crippen MR) is 80.7 cm³/mol. The standard InChI is InChI=1S/C17H23NO3/c1-13(12-14-6-3-2-4-7-14)21-16(19)8-5-11-18-17(20)15-9-10-15/h2-4,6-7,13,15H,5,8-12H2,1H3,(H,18,20). The molecule has 4 heteroatoms. The third kappa shape index (κ3) is 5.98. The average Bonchev–Trinajstić information content (AvgIpc) is 3.29. The van der Waals surface area contributed by atoms with Crippen LogP contribution < -0.4 is 5.32 Å². The van der Waals surface area contributed by atoms with Gasteiger partial charge in [0, 0.05) is 25.3 Å². The minimum absolute atomic E-state index is 0.124. The Balaban J connectivity index is 1.56. The van der Waals surface area contributed by atoms with Gasteiger partial charge in [0.15, 0.2) is 0 Å². The van der Waals surface area contributed by atoms with E-state index in [4.69, 9.17) is 4.74 Å². The van der Waals surface area contributed by atoms with Gasteiger partial charge >= 0.3 is 5.97 Å². The highest BCUT2D eigenvalue weighted by Gasteiger charge is 2.29. The van der Waals surface area contributed by atoms with E-state index in [2.05, 4.69) is 5.32 Å². The lowest BCUT2D eigenvalue weighted by atomic mass is 10.1. The van der Waals surface area contributed by atoms with Gasteiger partial charge in [-0.15, -0.1) is 0 Å². The van der Waals surface area contributed by atoms with Crippen LogP contribution in [0, 0.1) is 5.92 Å². The molecule has 0 aliphatic heterocycles. The molecule has 0 bridgehead atoms. The number of amides is 1. The van der Waals surface area contributed by atoms with Gasteiger partial charge in [0.1, 0.15) is 6.10 Å². The van der Waals surface area contributed by atoms with Crippen LogP contribution in [-0.2, 0) is 20.7 Å². The smallest absolute Gasteiger partial charge is 0.306 e. The van der Waals surface area contributed by atoms with Crippen LogP contribution in [-0.4, -0.2) is 24.5 Å². The second-order valence-corrected chi connectivity index (χ2v) is 5.66. The van der Waals surface area contributed by atoms with Gasteiger partial charge in [0.2, 0.25) is 5.91 Å². The largest absolute Gasteiger partial charge is 0.462 e. The van der Waals surface area contributed by atoms with Gasteiger partial charge in [-0.1, -0.05) is 30.3 Å². The number of carbonyl (C=O) groups is 2. The summed E-state index contributed by atoms with van der Waals surface area (Å²) in [6, 6.07) is 9.98. The molecule has 2 rings (SSSR count). The molecule has 1 aromatic rings. The second kappa shape index (κ2) is 7.81. The lowest BCUT2D eigenvalue weighted by Crippen LogP contribution is -2.26. The average molecular weight is 289 g/mol. The first-order valence-corrected chi connectivity index (χ1v) is 7.66. The van der Waals surface area contributed by atoms with Crippen LogP contribution in [0.25, 0.3) is 0 Å². The highest BCUT2D eigenvalue weighted by Crippen LogP contribution is 2.28. The van der Waals surface area contributed by atoms with E-state index >= 15 is 0 Å². The molecule has 1 aromatic carbocycles. The summed E-state index contributed by atoms with van der Waals surface area (Å²) in [6.45, 7) is 2.46. The molecular weight excluding hydrogens is 266 g/mol. The molecule has 21 heavy (non-hydrogen) atoms. The molecule has 1 N–H and O–H groups in total. The van der Waals surface area contributed by atoms with E-state index in [9.17, 15) is 9.59 Å². The topological polar surface area (TPSA) is 55.4 Å². The van der Waals surface area contributed by atoms with Crippen molar-refractivity contribution < 1.29 is 14.3 Å². The summed E-state index contributed by atoms with van der Waals surface area (Å²) in [6.07, 6.45) is 3.60. The number of benzene rings is 1. The number of hydrogen-bond donors (Lipinski definition) is 1. The maximum atomic E-state index is 11.7. The molecule has 1 aliphatic carbocycles. The van der Waals surface area contributed by atoms with Crippen molar-refractivity contribution in [3.8, 4) is 0 Å². The number of ether oxygens (including phenoxy) is 1. The summed E-state index contributed by atoms with van der Waals surface area (Å²) in [5.74, 6) is 0.155. The van der Waals surface area contributed by atoms with E-state index in [1.54, 1.807) is 0 Å². The number of rotatable bonds is 8. The molecule has 4 nitrogen and oxygen atoms in total. The zero-order valence-electron chi connectivity index (χ0n) is 12.5. The Bertz CT molecular complexity index is 468. The van der Waals surface area contributed by atoms with Gasteiger partial charge in [0.25, 0.3) is 0 Å². The summed E-state index contributed by atoms with van der Waals surface area (Å²) < 4.78 is 5.37. The van der Waals surface area contributed by atoms with Gasteiger partial charge in [-0.3, -0.25) is 9.59 Å². The Morgan fingerprint density at radius 3 is 2.67 bits per heavy atom. The fraction of sp³-hybridized carbons (Fsp3) is 0.529. The SMILES string of the molecule is CC(Cc1ccccc1)OC(=O)CCCNC(=O)C1CC1. The normalized spacial score (nSPS) is 15.3. The Hall–Kier alpha value is -1.84. The maximum absolute atomic E-state index is 11.7. The fourth-order valence-corrected chi connectivity index (χ4v) is 2.21. The summed E-state index contributed by atoms with van der Waals surface area (Å²) in [5, 5.41) is 2.85. The van der Waals surface area contributed by atoms with Crippen LogP contribution in [0.3, 0.4) is 0 Å². The Morgan fingerprint density at radius 1 is 1.29 bits per heavy atom. The van der Waals surface area contributed by atoms with E-state index in [-0.39, 0.29) is 23.9 Å². The molecule has 1 atom stereocenters. The third-order valence-corrected chi connectivity index (χ3v) is 3.50. The van der Waals surface area contributed by atoms with Crippen LogP contribution >= 0.6 is 0 Å². The van der Waals surface area contributed by atoms with Crippen LogP contribution in [0.5, 0.6) is 0 Å². The highest BCUT2D eigenvalue weighted by molar-refractivity contribution is 5.80. The molecule has 0 spiro atoms. The first-order chi connectivity index (χ1) is 10.1. The van der Waals surface area contributed by atoms with Crippen LogP contribution in [0.4, 0.5) is 0 Å². The zero-order valence-corrected chi connectivity index (χ0v) is 12.5. The van der Waals surface area contributed by atoms with E-state index < -0.39 is 0 Å². The number of nitrogens with one attached hydrogen (secondary N) is 1. The van der Waals surface area contributed by atoms with Crippen molar-refractivity contribution in [2.45, 2.75) is 45.1 Å². The molecule has 1 fully saturated rings. The number of esters is 1. The van der Waals surface area contributed by atoms with E-state index in [1.165, 1.54) is 0 Å². The third-order valence-electron chi connectivity index (χ3n) is 3.50. The molecule has 114 valence electrons. The molecule has 0 radical (unpaired) electrons. The number of hydrogen-bond acceptors (Lipinski definition) is 3. The van der Waals surface area contributed by atoms with Crippen molar-refractivity contribution in [3.63, 3.8) is 0 Å². The van der Waals surface area contributed by atoms with Crippen LogP contribution in [0.15, 0.2) is 30.3 Å². The fourth-order valence-electron chi connectivity index (χ4n) is 2.21.